The number of nitrogens with zero attached hydrogens (tertiary/aromatic N) is 1. The van der Waals surface area contributed by atoms with Crippen LogP contribution in [0.15, 0.2) is 71.2 Å². The van der Waals surface area contributed by atoms with Crippen molar-refractivity contribution in [1.29, 1.82) is 0 Å². The SMILES string of the molecule is Cc1nc2ccc(Br)cc2c(-c2ccc(F)cc2)c1CCOc1ccc(Cl)cc1. The Bertz CT molecular complexity index is 1160. The number of hydrogen-bond acceptors (Lipinski definition) is 2. The van der Waals surface area contributed by atoms with E-state index in [-0.39, 0.29) is 5.82 Å². The second kappa shape index (κ2) is 8.52. The molecule has 0 amide bonds. The van der Waals surface area contributed by atoms with Crippen LogP contribution in [0.5, 0.6) is 5.75 Å². The minimum Gasteiger partial charge on any atom is -0.493 e. The fraction of sp³-hybridized carbons (Fsp3) is 0.125. The lowest BCUT2D eigenvalue weighted by molar-refractivity contribution is 0.322. The van der Waals surface area contributed by atoms with Crippen molar-refractivity contribution < 1.29 is 9.13 Å². The van der Waals surface area contributed by atoms with E-state index in [1.165, 1.54) is 12.1 Å². The van der Waals surface area contributed by atoms with Gasteiger partial charge in [-0.3, -0.25) is 4.98 Å². The van der Waals surface area contributed by atoms with E-state index >= 15 is 0 Å². The van der Waals surface area contributed by atoms with Gasteiger partial charge in [0.2, 0.25) is 0 Å². The van der Waals surface area contributed by atoms with Gasteiger partial charge in [-0.2, -0.15) is 0 Å². The number of fused-ring (bicyclic) bond motifs is 1. The fourth-order valence-electron chi connectivity index (χ4n) is 3.45. The van der Waals surface area contributed by atoms with Gasteiger partial charge in [0, 0.05) is 27.0 Å². The maximum atomic E-state index is 13.5. The van der Waals surface area contributed by atoms with Crippen molar-refractivity contribution in [3.05, 3.63) is 93.3 Å². The van der Waals surface area contributed by atoms with Crippen LogP contribution in [0.1, 0.15) is 11.3 Å². The molecule has 29 heavy (non-hydrogen) atoms. The lowest BCUT2D eigenvalue weighted by Gasteiger charge is -2.17. The van der Waals surface area contributed by atoms with Crippen molar-refractivity contribution in [2.24, 2.45) is 0 Å². The highest BCUT2D eigenvalue weighted by atomic mass is 79.9. The smallest absolute Gasteiger partial charge is 0.123 e. The van der Waals surface area contributed by atoms with Crippen LogP contribution >= 0.6 is 27.5 Å². The maximum absolute atomic E-state index is 13.5. The van der Waals surface area contributed by atoms with E-state index in [1.807, 2.05) is 43.3 Å². The van der Waals surface area contributed by atoms with Crippen LogP contribution in [0.4, 0.5) is 4.39 Å². The number of halogens is 3. The third-order valence-corrected chi connectivity index (χ3v) is 5.57. The Morgan fingerprint density at radius 3 is 2.45 bits per heavy atom. The summed E-state index contributed by atoms with van der Waals surface area (Å²) in [7, 11) is 0. The molecule has 0 saturated heterocycles. The number of aryl methyl sites for hydroxylation is 1. The molecule has 0 radical (unpaired) electrons. The van der Waals surface area contributed by atoms with Crippen LogP contribution in [0.2, 0.25) is 5.02 Å². The van der Waals surface area contributed by atoms with E-state index in [0.29, 0.717) is 18.1 Å². The average molecular weight is 471 g/mol. The van der Waals surface area contributed by atoms with Gasteiger partial charge in [0.1, 0.15) is 11.6 Å². The van der Waals surface area contributed by atoms with Crippen LogP contribution in [0.25, 0.3) is 22.0 Å². The van der Waals surface area contributed by atoms with Crippen LogP contribution in [0.3, 0.4) is 0 Å². The molecule has 0 saturated carbocycles. The van der Waals surface area contributed by atoms with Gasteiger partial charge < -0.3 is 4.74 Å². The van der Waals surface area contributed by atoms with Crippen LogP contribution in [0, 0.1) is 12.7 Å². The molecule has 1 heterocycles. The molecule has 0 N–H and O–H groups in total. The van der Waals surface area contributed by atoms with Gasteiger partial charge in [-0.25, -0.2) is 4.39 Å². The molecule has 0 aliphatic rings. The number of aromatic nitrogens is 1. The summed E-state index contributed by atoms with van der Waals surface area (Å²) in [6.45, 7) is 2.50. The van der Waals surface area contributed by atoms with Gasteiger partial charge in [0.05, 0.1) is 12.1 Å². The Balaban J connectivity index is 1.75. The number of benzene rings is 3. The van der Waals surface area contributed by atoms with E-state index in [1.54, 1.807) is 12.1 Å². The van der Waals surface area contributed by atoms with Crippen LogP contribution < -0.4 is 4.74 Å². The zero-order chi connectivity index (χ0) is 20.4. The Kier molecular flexibility index (Phi) is 5.84. The minimum atomic E-state index is -0.252. The Morgan fingerprint density at radius 2 is 1.72 bits per heavy atom. The molecule has 0 bridgehead atoms. The average Bonchev–Trinajstić information content (AvgIpc) is 2.71. The molecule has 0 aliphatic heterocycles. The summed E-state index contributed by atoms with van der Waals surface area (Å²) in [6.07, 6.45) is 0.677. The third kappa shape index (κ3) is 4.44. The fourth-order valence-corrected chi connectivity index (χ4v) is 3.94. The van der Waals surface area contributed by atoms with Crippen molar-refractivity contribution in [3.8, 4) is 16.9 Å². The lowest BCUT2D eigenvalue weighted by Crippen LogP contribution is -2.06. The Hall–Kier alpha value is -2.43. The zero-order valence-corrected chi connectivity index (χ0v) is 18.1. The van der Waals surface area contributed by atoms with E-state index < -0.39 is 0 Å². The molecule has 5 heteroatoms. The van der Waals surface area contributed by atoms with Crippen LogP contribution in [-0.2, 0) is 6.42 Å². The number of rotatable bonds is 5. The Labute approximate surface area is 182 Å². The summed E-state index contributed by atoms with van der Waals surface area (Å²) < 4.78 is 20.4. The van der Waals surface area contributed by atoms with Crippen molar-refractivity contribution >= 4 is 38.4 Å². The van der Waals surface area contributed by atoms with Gasteiger partial charge in [-0.1, -0.05) is 39.7 Å². The number of ether oxygens (including phenoxy) is 1. The second-order valence-electron chi connectivity index (χ2n) is 6.77. The predicted octanol–water partition coefficient (Wildman–Crippen LogP) is 7.39. The summed E-state index contributed by atoms with van der Waals surface area (Å²) in [5.41, 5.74) is 4.97. The standard InChI is InChI=1S/C24H18BrClFNO/c1-15-21(12-13-29-20-9-5-18(26)6-10-20)24(16-2-7-19(27)8-3-16)22-14-17(25)4-11-23(22)28-15/h2-11,14H,12-13H2,1H3. The predicted molar refractivity (Wildman–Crippen MR) is 120 cm³/mol. The topological polar surface area (TPSA) is 22.1 Å². The maximum Gasteiger partial charge on any atom is 0.123 e. The minimum absolute atomic E-state index is 0.252. The van der Waals surface area contributed by atoms with Gasteiger partial charge in [-0.15, -0.1) is 0 Å². The van der Waals surface area contributed by atoms with Crippen LogP contribution in [-0.4, -0.2) is 11.6 Å². The molecular weight excluding hydrogens is 453 g/mol. The zero-order valence-electron chi connectivity index (χ0n) is 15.8. The molecule has 4 rings (SSSR count). The van der Waals surface area contributed by atoms with Crippen molar-refractivity contribution in [1.82, 2.24) is 4.98 Å². The first-order valence-electron chi connectivity index (χ1n) is 9.24. The molecule has 4 aromatic rings. The number of pyridine rings is 1. The molecule has 0 spiro atoms. The molecule has 0 fully saturated rings. The largest absolute Gasteiger partial charge is 0.493 e. The second-order valence-corrected chi connectivity index (χ2v) is 8.12. The molecule has 0 aliphatic carbocycles. The molecule has 1 aromatic heterocycles. The summed E-state index contributed by atoms with van der Waals surface area (Å²) >= 11 is 9.50. The highest BCUT2D eigenvalue weighted by Crippen LogP contribution is 2.35. The first-order chi connectivity index (χ1) is 14.0. The number of hydrogen-bond donors (Lipinski definition) is 0. The summed E-state index contributed by atoms with van der Waals surface area (Å²) in [5.74, 6) is 0.518. The molecule has 3 aromatic carbocycles. The highest BCUT2D eigenvalue weighted by molar-refractivity contribution is 9.10. The van der Waals surface area contributed by atoms with E-state index in [0.717, 1.165) is 43.5 Å². The van der Waals surface area contributed by atoms with Gasteiger partial charge in [0.25, 0.3) is 0 Å². The molecule has 2 nitrogen and oxygen atoms in total. The summed E-state index contributed by atoms with van der Waals surface area (Å²) in [4.78, 5) is 4.79. The first-order valence-corrected chi connectivity index (χ1v) is 10.4. The van der Waals surface area contributed by atoms with E-state index in [2.05, 4.69) is 22.0 Å². The van der Waals surface area contributed by atoms with E-state index in [9.17, 15) is 4.39 Å². The molecule has 146 valence electrons. The lowest BCUT2D eigenvalue weighted by atomic mass is 9.93. The molecule has 0 atom stereocenters. The molecule has 0 unspecified atom stereocenters. The quantitative estimate of drug-likeness (QED) is 0.303. The third-order valence-electron chi connectivity index (χ3n) is 4.82. The summed E-state index contributed by atoms with van der Waals surface area (Å²) in [6, 6.07) is 20.0. The highest BCUT2D eigenvalue weighted by Gasteiger charge is 2.15. The summed E-state index contributed by atoms with van der Waals surface area (Å²) in [5, 5.41) is 1.70. The molecular formula is C24H18BrClFNO. The normalized spacial score (nSPS) is 11.0. The Morgan fingerprint density at radius 1 is 1.00 bits per heavy atom. The van der Waals surface area contributed by atoms with Gasteiger partial charge in [-0.05, 0) is 78.2 Å². The van der Waals surface area contributed by atoms with Gasteiger partial charge >= 0.3 is 0 Å². The first kappa shape index (κ1) is 19.9. The monoisotopic (exact) mass is 469 g/mol. The van der Waals surface area contributed by atoms with Crippen molar-refractivity contribution in [2.45, 2.75) is 13.3 Å². The van der Waals surface area contributed by atoms with Gasteiger partial charge in [0.15, 0.2) is 0 Å². The van der Waals surface area contributed by atoms with Crippen molar-refractivity contribution in [2.75, 3.05) is 6.61 Å². The van der Waals surface area contributed by atoms with Crippen molar-refractivity contribution in [3.63, 3.8) is 0 Å². The van der Waals surface area contributed by atoms with E-state index in [4.69, 9.17) is 21.3 Å².